The second-order valence-corrected chi connectivity index (χ2v) is 14.8. The number of hydrogen-bond acceptors (Lipinski definition) is 4. The standard InChI is InChI=1S/C24BF20.C14H14O4S/c26-5-1(6(27)14(35)21(42)13(5)34)25(2-7(28)15(36)22(43)16(37)8(2)29,3-9(30)17(38)23(44)18(39)10(3)31)4-11(32)19(40)24(45)20(41)12(4)33;1-11(12-5-3-2-4-6-12)19(16,17)18-14-9-7-13(15)8-10-14/h;2-11,15H,1H3/q-1;. The van der Waals surface area contributed by atoms with E-state index in [1.165, 1.54) is 24.3 Å². The topological polar surface area (TPSA) is 63.6 Å². The average molecular weight is 957 g/mol. The van der Waals surface area contributed by atoms with E-state index in [9.17, 15) is 61.1 Å². The molecule has 0 aromatic heterocycles. The molecular weight excluding hydrogens is 943 g/mol. The molecule has 0 bridgehead atoms. The summed E-state index contributed by atoms with van der Waals surface area (Å²) in [4.78, 5) is 0. The normalized spacial score (nSPS) is 12.3. The molecule has 0 radical (unpaired) electrons. The Morgan fingerprint density at radius 3 is 0.875 bits per heavy atom. The molecular formula is C38H14BF20O4S-. The molecule has 0 saturated carbocycles. The summed E-state index contributed by atoms with van der Waals surface area (Å²) in [7, 11) is -3.76. The minimum Gasteiger partial charge on any atom is -0.508 e. The van der Waals surface area contributed by atoms with Gasteiger partial charge in [0.05, 0.1) is 0 Å². The number of benzene rings is 6. The van der Waals surface area contributed by atoms with Gasteiger partial charge in [0.1, 0.15) is 69.4 Å². The summed E-state index contributed by atoms with van der Waals surface area (Å²) >= 11 is 0. The minimum absolute atomic E-state index is 0.0563. The molecule has 0 spiro atoms. The van der Waals surface area contributed by atoms with Gasteiger partial charge in [-0.3, -0.25) is 0 Å². The van der Waals surface area contributed by atoms with Crippen molar-refractivity contribution in [2.24, 2.45) is 0 Å². The molecule has 1 atom stereocenters. The predicted octanol–water partition coefficient (Wildman–Crippen LogP) is 8.71. The van der Waals surface area contributed by atoms with Crippen LogP contribution in [0.4, 0.5) is 87.8 Å². The fourth-order valence-electron chi connectivity index (χ4n) is 6.47. The predicted molar refractivity (Wildman–Crippen MR) is 182 cm³/mol. The fourth-order valence-corrected chi connectivity index (χ4v) is 7.49. The molecule has 0 aliphatic heterocycles. The van der Waals surface area contributed by atoms with Gasteiger partial charge in [0.25, 0.3) is 0 Å². The summed E-state index contributed by atoms with van der Waals surface area (Å²) in [6.45, 7) is 1.57. The van der Waals surface area contributed by atoms with E-state index in [1.54, 1.807) is 31.2 Å². The van der Waals surface area contributed by atoms with Gasteiger partial charge < -0.3 is 9.29 Å². The van der Waals surface area contributed by atoms with Crippen molar-refractivity contribution in [3.8, 4) is 11.5 Å². The second-order valence-electron chi connectivity index (χ2n) is 12.9. The Hall–Kier alpha value is -6.47. The van der Waals surface area contributed by atoms with Crippen LogP contribution in [0.2, 0.25) is 0 Å². The maximum absolute atomic E-state index is 15.4. The Balaban J connectivity index is 0.000000337. The van der Waals surface area contributed by atoms with E-state index in [2.05, 4.69) is 0 Å². The van der Waals surface area contributed by atoms with Gasteiger partial charge in [0.2, 0.25) is 0 Å². The molecule has 0 aliphatic carbocycles. The molecule has 1 unspecified atom stereocenters. The Morgan fingerprint density at radius 1 is 0.391 bits per heavy atom. The smallest absolute Gasteiger partial charge is 0.316 e. The number of aromatic hydroxyl groups is 1. The van der Waals surface area contributed by atoms with Crippen molar-refractivity contribution in [1.29, 1.82) is 0 Å². The van der Waals surface area contributed by atoms with Crippen LogP contribution < -0.4 is 26.0 Å². The van der Waals surface area contributed by atoms with E-state index in [0.29, 0.717) is 5.56 Å². The first-order valence-corrected chi connectivity index (χ1v) is 18.2. The van der Waals surface area contributed by atoms with Crippen LogP contribution in [0.5, 0.6) is 11.5 Å². The van der Waals surface area contributed by atoms with Gasteiger partial charge in [-0.1, -0.05) is 30.3 Å². The van der Waals surface area contributed by atoms with Gasteiger partial charge in [-0.15, -0.1) is 21.9 Å². The van der Waals surface area contributed by atoms with E-state index in [4.69, 9.17) is 9.29 Å². The third kappa shape index (κ3) is 7.69. The number of phenols is 1. The highest BCUT2D eigenvalue weighted by molar-refractivity contribution is 7.87. The fraction of sp³-hybridized carbons (Fsp3) is 0.0526. The number of rotatable bonds is 8. The van der Waals surface area contributed by atoms with E-state index < -0.39 is 160 Å². The first-order chi connectivity index (χ1) is 29.7. The quantitative estimate of drug-likeness (QED) is 0.0546. The van der Waals surface area contributed by atoms with Crippen LogP contribution in [0.25, 0.3) is 0 Å². The van der Waals surface area contributed by atoms with Crippen molar-refractivity contribution >= 4 is 38.1 Å². The van der Waals surface area contributed by atoms with Gasteiger partial charge in [0, 0.05) is 0 Å². The Morgan fingerprint density at radius 2 is 0.625 bits per heavy atom. The van der Waals surface area contributed by atoms with Crippen molar-refractivity contribution < 1.29 is 106 Å². The second kappa shape index (κ2) is 17.6. The zero-order chi connectivity index (χ0) is 48.2. The van der Waals surface area contributed by atoms with Crippen LogP contribution >= 0.6 is 0 Å². The molecule has 64 heavy (non-hydrogen) atoms. The Kier molecular flexibility index (Phi) is 13.4. The van der Waals surface area contributed by atoms with Crippen molar-refractivity contribution in [3.05, 3.63) is 177 Å². The summed E-state index contributed by atoms with van der Waals surface area (Å²) in [5.41, 5.74) is -13.7. The molecule has 6 aromatic carbocycles. The van der Waals surface area contributed by atoms with Gasteiger partial charge in [-0.2, -0.15) is 8.42 Å². The third-order valence-corrected chi connectivity index (χ3v) is 11.0. The molecule has 0 amide bonds. The molecule has 4 nitrogen and oxygen atoms in total. The van der Waals surface area contributed by atoms with E-state index in [-0.39, 0.29) is 11.5 Å². The number of halogens is 20. The summed E-state index contributed by atoms with van der Waals surface area (Å²) in [5, 5.41) is 8.38. The summed E-state index contributed by atoms with van der Waals surface area (Å²) in [6.07, 6.45) is -7.22. The Bertz CT molecular complexity index is 2570. The van der Waals surface area contributed by atoms with Gasteiger partial charge in [-0.25, -0.2) is 87.8 Å². The van der Waals surface area contributed by atoms with Crippen LogP contribution in [0, 0.1) is 116 Å². The lowest BCUT2D eigenvalue weighted by Crippen LogP contribution is -2.81. The van der Waals surface area contributed by atoms with Crippen LogP contribution in [-0.2, 0) is 10.1 Å². The molecule has 1 N–H and O–H groups in total. The third-order valence-electron chi connectivity index (χ3n) is 9.46. The van der Waals surface area contributed by atoms with Crippen LogP contribution in [0.3, 0.4) is 0 Å². The molecule has 340 valence electrons. The lowest BCUT2D eigenvalue weighted by atomic mass is 9.12. The first kappa shape index (κ1) is 48.6. The van der Waals surface area contributed by atoms with Crippen LogP contribution in [0.1, 0.15) is 17.7 Å². The Labute approximate surface area is 343 Å². The molecule has 0 aliphatic rings. The molecule has 6 aromatic rings. The first-order valence-electron chi connectivity index (χ1n) is 16.7. The van der Waals surface area contributed by atoms with Crippen molar-refractivity contribution in [2.75, 3.05) is 0 Å². The summed E-state index contributed by atoms with van der Waals surface area (Å²) < 4.78 is 323. The van der Waals surface area contributed by atoms with Gasteiger partial charge in [-0.05, 0) is 36.8 Å². The zero-order valence-electron chi connectivity index (χ0n) is 30.5. The zero-order valence-corrected chi connectivity index (χ0v) is 31.3. The molecule has 0 saturated heterocycles. The molecule has 6 rings (SSSR count). The highest BCUT2D eigenvalue weighted by atomic mass is 32.2. The highest BCUT2D eigenvalue weighted by Crippen LogP contribution is 2.31. The van der Waals surface area contributed by atoms with Crippen molar-refractivity contribution in [1.82, 2.24) is 0 Å². The maximum Gasteiger partial charge on any atom is 0.316 e. The van der Waals surface area contributed by atoms with Crippen molar-refractivity contribution in [3.63, 3.8) is 0 Å². The van der Waals surface area contributed by atoms with E-state index in [1.807, 2.05) is 6.07 Å². The number of hydrogen-bond donors (Lipinski definition) is 1. The molecule has 0 fully saturated rings. The highest BCUT2D eigenvalue weighted by Gasteiger charge is 2.52. The largest absolute Gasteiger partial charge is 0.508 e. The number of phenolic OH excluding ortho intramolecular Hbond substituents is 1. The SMILES string of the molecule is CC(c1ccccc1)S(=O)(=O)Oc1ccc(O)cc1.Fc1c(F)c(F)c([B-](c2c(F)c(F)c(F)c(F)c2F)(c2c(F)c(F)c(F)c(F)c2F)c2c(F)c(F)c(F)c(F)c2F)c(F)c1F. The maximum atomic E-state index is 15.4. The lowest BCUT2D eigenvalue weighted by molar-refractivity contribution is 0.378. The average Bonchev–Trinajstić information content (AvgIpc) is 3.27. The summed E-state index contributed by atoms with van der Waals surface area (Å²) in [5.74, 6) is -71.2. The lowest BCUT2D eigenvalue weighted by Gasteiger charge is -2.44. The molecule has 0 heterocycles. The van der Waals surface area contributed by atoms with E-state index in [0.717, 1.165) is 0 Å². The minimum atomic E-state index is -7.22. The van der Waals surface area contributed by atoms with Crippen LogP contribution in [-0.4, -0.2) is 19.7 Å². The summed E-state index contributed by atoms with van der Waals surface area (Å²) in [6, 6.07) is 14.4. The van der Waals surface area contributed by atoms with Crippen molar-refractivity contribution in [2.45, 2.75) is 12.2 Å². The van der Waals surface area contributed by atoms with E-state index >= 15 is 35.1 Å². The van der Waals surface area contributed by atoms with Gasteiger partial charge >= 0.3 is 10.1 Å². The van der Waals surface area contributed by atoms with Gasteiger partial charge in [0.15, 0.2) is 69.8 Å². The molecule has 26 heteroatoms. The van der Waals surface area contributed by atoms with Crippen LogP contribution in [0.15, 0.2) is 54.6 Å². The monoisotopic (exact) mass is 957 g/mol.